The van der Waals surface area contributed by atoms with Crippen LogP contribution < -0.4 is 0 Å². The van der Waals surface area contributed by atoms with Gasteiger partial charge in [0.25, 0.3) is 0 Å². The van der Waals surface area contributed by atoms with Gasteiger partial charge in [-0.2, -0.15) is 0 Å². The number of nitrogens with zero attached hydrogens (tertiary/aromatic N) is 1. The summed E-state index contributed by atoms with van der Waals surface area (Å²) in [5.41, 5.74) is -0.461. The number of likely N-dealkylation sites (tertiary alicyclic amines) is 1. The van der Waals surface area contributed by atoms with Crippen molar-refractivity contribution in [2.45, 2.75) is 58.3 Å². The van der Waals surface area contributed by atoms with Crippen LogP contribution in [0.15, 0.2) is 12.7 Å². The zero-order chi connectivity index (χ0) is 14.6. The zero-order valence-corrected chi connectivity index (χ0v) is 12.8. The van der Waals surface area contributed by atoms with Crippen LogP contribution in [0.1, 0.15) is 40.5 Å². The predicted molar refractivity (Wildman–Crippen MR) is 76.1 cm³/mol. The SMILES string of the molecule is C=C[C@@H](C)[C@@H](OC)[C@@H]1CCCN1C(=O)OC(C)(C)C. The van der Waals surface area contributed by atoms with E-state index in [9.17, 15) is 4.79 Å². The highest BCUT2D eigenvalue weighted by Crippen LogP contribution is 2.28. The van der Waals surface area contributed by atoms with Gasteiger partial charge in [0.15, 0.2) is 0 Å². The van der Waals surface area contributed by atoms with Crippen LogP contribution in [0, 0.1) is 5.92 Å². The Bertz CT molecular complexity index is 322. The Morgan fingerprint density at radius 3 is 2.58 bits per heavy atom. The van der Waals surface area contributed by atoms with E-state index < -0.39 is 5.60 Å². The van der Waals surface area contributed by atoms with Crippen molar-refractivity contribution >= 4 is 6.09 Å². The molecule has 0 bridgehead atoms. The maximum absolute atomic E-state index is 12.2. The summed E-state index contributed by atoms with van der Waals surface area (Å²) in [5, 5.41) is 0. The molecule has 1 saturated heterocycles. The number of hydrogen-bond donors (Lipinski definition) is 0. The molecule has 1 heterocycles. The van der Waals surface area contributed by atoms with E-state index >= 15 is 0 Å². The summed E-state index contributed by atoms with van der Waals surface area (Å²) < 4.78 is 11.0. The normalized spacial score (nSPS) is 23.0. The molecular formula is C15H27NO3. The number of rotatable bonds is 4. The van der Waals surface area contributed by atoms with Crippen molar-refractivity contribution in [1.82, 2.24) is 4.90 Å². The topological polar surface area (TPSA) is 38.8 Å². The van der Waals surface area contributed by atoms with Gasteiger partial charge in [-0.15, -0.1) is 6.58 Å². The molecule has 1 fully saturated rings. The van der Waals surface area contributed by atoms with Gasteiger partial charge in [0.1, 0.15) is 5.60 Å². The summed E-state index contributed by atoms with van der Waals surface area (Å²) >= 11 is 0. The maximum Gasteiger partial charge on any atom is 0.410 e. The van der Waals surface area contributed by atoms with E-state index in [1.165, 1.54) is 0 Å². The predicted octanol–water partition coefficient (Wildman–Crippen LogP) is 3.22. The molecule has 0 unspecified atom stereocenters. The molecule has 0 radical (unpaired) electrons. The minimum atomic E-state index is -0.461. The first-order valence-electron chi connectivity index (χ1n) is 6.95. The summed E-state index contributed by atoms with van der Waals surface area (Å²) in [5.74, 6) is 0.207. The first-order valence-corrected chi connectivity index (χ1v) is 6.95. The molecule has 1 amide bonds. The van der Waals surface area contributed by atoms with Gasteiger partial charge < -0.3 is 14.4 Å². The molecule has 0 aliphatic carbocycles. The second-order valence-corrected chi connectivity index (χ2v) is 6.18. The Kier molecular flexibility index (Phi) is 5.41. The van der Waals surface area contributed by atoms with Crippen molar-refractivity contribution in [3.63, 3.8) is 0 Å². The lowest BCUT2D eigenvalue weighted by Crippen LogP contribution is -2.47. The molecular weight excluding hydrogens is 242 g/mol. The molecule has 1 aliphatic rings. The van der Waals surface area contributed by atoms with E-state index in [4.69, 9.17) is 9.47 Å². The fourth-order valence-electron chi connectivity index (χ4n) is 2.54. The third-order valence-electron chi connectivity index (χ3n) is 3.47. The van der Waals surface area contributed by atoms with Crippen LogP contribution in [0.2, 0.25) is 0 Å². The number of carbonyl (C=O) groups is 1. The van der Waals surface area contributed by atoms with Crippen molar-refractivity contribution in [1.29, 1.82) is 0 Å². The first-order chi connectivity index (χ1) is 8.80. The minimum Gasteiger partial charge on any atom is -0.444 e. The lowest BCUT2D eigenvalue weighted by molar-refractivity contribution is -0.0153. The minimum absolute atomic E-state index is 0.0208. The molecule has 0 N–H and O–H groups in total. The Balaban J connectivity index is 2.77. The van der Waals surface area contributed by atoms with Crippen molar-refractivity contribution in [3.8, 4) is 0 Å². The van der Waals surface area contributed by atoms with Crippen LogP contribution in [0.3, 0.4) is 0 Å². The van der Waals surface area contributed by atoms with Gasteiger partial charge in [-0.05, 0) is 33.6 Å². The molecule has 110 valence electrons. The summed E-state index contributed by atoms with van der Waals surface area (Å²) in [4.78, 5) is 14.0. The van der Waals surface area contributed by atoms with Gasteiger partial charge in [0.05, 0.1) is 12.1 Å². The van der Waals surface area contributed by atoms with Gasteiger partial charge in [-0.3, -0.25) is 0 Å². The Hall–Kier alpha value is -1.03. The first kappa shape index (κ1) is 16.0. The molecule has 1 aliphatic heterocycles. The van der Waals surface area contributed by atoms with Gasteiger partial charge in [0.2, 0.25) is 0 Å². The van der Waals surface area contributed by atoms with Crippen molar-refractivity contribution in [3.05, 3.63) is 12.7 Å². The Morgan fingerprint density at radius 1 is 1.47 bits per heavy atom. The quantitative estimate of drug-likeness (QED) is 0.736. The van der Waals surface area contributed by atoms with Crippen LogP contribution in [-0.2, 0) is 9.47 Å². The van der Waals surface area contributed by atoms with Crippen LogP contribution in [0.4, 0.5) is 4.79 Å². The van der Waals surface area contributed by atoms with Crippen LogP contribution in [0.25, 0.3) is 0 Å². The van der Waals surface area contributed by atoms with Gasteiger partial charge in [-0.1, -0.05) is 13.0 Å². The fourth-order valence-corrected chi connectivity index (χ4v) is 2.54. The molecule has 0 aromatic heterocycles. The number of methoxy groups -OCH3 is 1. The van der Waals surface area contributed by atoms with Crippen molar-refractivity contribution in [2.24, 2.45) is 5.92 Å². The maximum atomic E-state index is 12.2. The van der Waals surface area contributed by atoms with E-state index in [1.807, 2.05) is 26.8 Å². The van der Waals surface area contributed by atoms with Crippen LogP contribution >= 0.6 is 0 Å². The lowest BCUT2D eigenvalue weighted by Gasteiger charge is -2.34. The van der Waals surface area contributed by atoms with Gasteiger partial charge >= 0.3 is 6.09 Å². The van der Waals surface area contributed by atoms with E-state index in [2.05, 4.69) is 13.5 Å². The highest BCUT2D eigenvalue weighted by atomic mass is 16.6. The van der Waals surface area contributed by atoms with Gasteiger partial charge in [0, 0.05) is 19.6 Å². The smallest absolute Gasteiger partial charge is 0.410 e. The molecule has 0 aromatic rings. The van der Waals surface area contributed by atoms with E-state index in [1.54, 1.807) is 12.0 Å². The molecule has 1 rings (SSSR count). The van der Waals surface area contributed by atoms with E-state index in [-0.39, 0.29) is 24.2 Å². The second kappa shape index (κ2) is 6.42. The number of ether oxygens (including phenoxy) is 2. The molecule has 19 heavy (non-hydrogen) atoms. The third-order valence-corrected chi connectivity index (χ3v) is 3.47. The highest BCUT2D eigenvalue weighted by Gasteiger charge is 2.38. The molecule has 4 nitrogen and oxygen atoms in total. The second-order valence-electron chi connectivity index (χ2n) is 6.18. The van der Waals surface area contributed by atoms with E-state index in [0.717, 1.165) is 19.4 Å². The van der Waals surface area contributed by atoms with Crippen molar-refractivity contribution < 1.29 is 14.3 Å². The van der Waals surface area contributed by atoms with Gasteiger partial charge in [-0.25, -0.2) is 4.79 Å². The zero-order valence-electron chi connectivity index (χ0n) is 12.8. The Labute approximate surface area is 116 Å². The largest absolute Gasteiger partial charge is 0.444 e. The summed E-state index contributed by atoms with van der Waals surface area (Å²) in [6.45, 7) is 12.3. The third kappa shape index (κ3) is 4.23. The standard InChI is InChI=1S/C15H27NO3/c1-7-11(2)13(18-6)12-9-8-10-16(12)14(17)19-15(3,4)5/h7,11-13H,1,8-10H2,2-6H3/t11-,12+,13-/m1/s1. The fraction of sp³-hybridized carbons (Fsp3) is 0.800. The number of amides is 1. The number of hydrogen-bond acceptors (Lipinski definition) is 3. The number of carbonyl (C=O) groups excluding carboxylic acids is 1. The lowest BCUT2D eigenvalue weighted by atomic mass is 9.96. The average molecular weight is 269 g/mol. The van der Waals surface area contributed by atoms with Crippen molar-refractivity contribution in [2.75, 3.05) is 13.7 Å². The highest BCUT2D eigenvalue weighted by molar-refractivity contribution is 5.69. The van der Waals surface area contributed by atoms with E-state index in [0.29, 0.717) is 0 Å². The van der Waals surface area contributed by atoms with Crippen LogP contribution in [-0.4, -0.2) is 42.4 Å². The van der Waals surface area contributed by atoms with Crippen LogP contribution in [0.5, 0.6) is 0 Å². The summed E-state index contributed by atoms with van der Waals surface area (Å²) in [7, 11) is 1.69. The molecule has 0 spiro atoms. The molecule has 0 saturated carbocycles. The average Bonchev–Trinajstić information content (AvgIpc) is 2.76. The monoisotopic (exact) mass is 269 g/mol. The Morgan fingerprint density at radius 2 is 2.11 bits per heavy atom. The summed E-state index contributed by atoms with van der Waals surface area (Å²) in [6.07, 6.45) is 3.56. The molecule has 3 atom stereocenters. The molecule has 0 aromatic carbocycles. The molecule has 4 heteroatoms. The summed E-state index contributed by atoms with van der Waals surface area (Å²) in [6, 6.07) is 0.0767.